The molecule has 3 rings (SSSR count). The molecule has 30 heavy (non-hydrogen) atoms. The van der Waals surface area contributed by atoms with E-state index in [9.17, 15) is 31.5 Å². The number of halogens is 5. The SMILES string of the molecule is Cc1cc(F)ccc1-c1ccc(C(=O)N2CCN(C(=O)CC(F)(F)F)CC2)cc1F. The van der Waals surface area contributed by atoms with E-state index in [0.717, 1.165) is 11.0 Å². The number of nitrogens with zero attached hydrogens (tertiary/aromatic N) is 2. The number of hydrogen-bond acceptors (Lipinski definition) is 2. The van der Waals surface area contributed by atoms with Crippen LogP contribution in [-0.2, 0) is 4.79 Å². The Labute approximate surface area is 169 Å². The monoisotopic (exact) mass is 426 g/mol. The number of carbonyl (C=O) groups excluding carboxylic acids is 2. The third-order valence-corrected chi connectivity index (χ3v) is 4.97. The lowest BCUT2D eigenvalue weighted by Gasteiger charge is -2.35. The van der Waals surface area contributed by atoms with Gasteiger partial charge in [-0.2, -0.15) is 13.2 Å². The number of amides is 2. The van der Waals surface area contributed by atoms with Gasteiger partial charge in [-0.05, 0) is 42.3 Å². The van der Waals surface area contributed by atoms with Crippen molar-refractivity contribution in [2.24, 2.45) is 0 Å². The minimum Gasteiger partial charge on any atom is -0.339 e. The summed E-state index contributed by atoms with van der Waals surface area (Å²) in [5.41, 5.74) is 1.37. The van der Waals surface area contributed by atoms with Crippen molar-refractivity contribution in [2.75, 3.05) is 26.2 Å². The van der Waals surface area contributed by atoms with Gasteiger partial charge in [-0.15, -0.1) is 0 Å². The van der Waals surface area contributed by atoms with Crippen molar-refractivity contribution in [1.82, 2.24) is 9.80 Å². The Kier molecular flexibility index (Phi) is 6.09. The normalized spacial score (nSPS) is 14.7. The Balaban J connectivity index is 1.68. The summed E-state index contributed by atoms with van der Waals surface area (Å²) in [6, 6.07) is 7.94. The van der Waals surface area contributed by atoms with Gasteiger partial charge < -0.3 is 9.80 Å². The Morgan fingerprint density at radius 1 is 0.900 bits per heavy atom. The van der Waals surface area contributed by atoms with Gasteiger partial charge in [0.05, 0.1) is 0 Å². The Bertz CT molecular complexity index is 966. The lowest BCUT2D eigenvalue weighted by atomic mass is 9.98. The van der Waals surface area contributed by atoms with E-state index in [-0.39, 0.29) is 37.3 Å². The van der Waals surface area contributed by atoms with E-state index >= 15 is 0 Å². The van der Waals surface area contributed by atoms with Gasteiger partial charge in [0.25, 0.3) is 5.91 Å². The minimum absolute atomic E-state index is 0.0179. The second kappa shape index (κ2) is 8.41. The maximum atomic E-state index is 14.6. The lowest BCUT2D eigenvalue weighted by Crippen LogP contribution is -2.51. The zero-order valence-electron chi connectivity index (χ0n) is 16.1. The Morgan fingerprint density at radius 3 is 2.07 bits per heavy atom. The van der Waals surface area contributed by atoms with Gasteiger partial charge in [-0.3, -0.25) is 9.59 Å². The van der Waals surface area contributed by atoms with Crippen molar-refractivity contribution >= 4 is 11.8 Å². The predicted octanol–water partition coefficient (Wildman–Crippen LogP) is 4.18. The summed E-state index contributed by atoms with van der Waals surface area (Å²) in [4.78, 5) is 26.7. The third-order valence-electron chi connectivity index (χ3n) is 4.97. The zero-order chi connectivity index (χ0) is 22.1. The number of rotatable bonds is 3. The van der Waals surface area contributed by atoms with Crippen LogP contribution in [0.15, 0.2) is 36.4 Å². The van der Waals surface area contributed by atoms with Gasteiger partial charge in [0.15, 0.2) is 0 Å². The van der Waals surface area contributed by atoms with Crippen molar-refractivity contribution in [3.8, 4) is 11.1 Å². The number of hydrogen-bond donors (Lipinski definition) is 0. The van der Waals surface area contributed by atoms with Crippen molar-refractivity contribution < 1.29 is 31.5 Å². The third kappa shape index (κ3) is 4.95. The Morgan fingerprint density at radius 2 is 1.50 bits per heavy atom. The predicted molar refractivity (Wildman–Crippen MR) is 99.7 cm³/mol. The van der Waals surface area contributed by atoms with Gasteiger partial charge in [-0.1, -0.05) is 12.1 Å². The largest absolute Gasteiger partial charge is 0.397 e. The summed E-state index contributed by atoms with van der Waals surface area (Å²) in [5.74, 6) is -2.58. The summed E-state index contributed by atoms with van der Waals surface area (Å²) < 4.78 is 65.0. The summed E-state index contributed by atoms with van der Waals surface area (Å²) in [6.07, 6.45) is -6.11. The molecule has 2 aromatic carbocycles. The summed E-state index contributed by atoms with van der Waals surface area (Å²) in [5, 5.41) is 0. The second-order valence-electron chi connectivity index (χ2n) is 7.12. The first-order valence-electron chi connectivity index (χ1n) is 9.25. The molecule has 0 atom stereocenters. The minimum atomic E-state index is -4.58. The first-order chi connectivity index (χ1) is 14.0. The highest BCUT2D eigenvalue weighted by atomic mass is 19.4. The van der Waals surface area contributed by atoms with Gasteiger partial charge in [0.1, 0.15) is 18.1 Å². The number of alkyl halides is 3. The van der Waals surface area contributed by atoms with Crippen LogP contribution in [0.25, 0.3) is 11.1 Å². The molecule has 9 heteroatoms. The van der Waals surface area contributed by atoms with Crippen molar-refractivity contribution in [3.05, 3.63) is 59.2 Å². The molecule has 1 aliphatic rings. The van der Waals surface area contributed by atoms with Gasteiger partial charge in [-0.25, -0.2) is 8.78 Å². The molecule has 0 bridgehead atoms. The van der Waals surface area contributed by atoms with Crippen LogP contribution in [0.2, 0.25) is 0 Å². The molecular formula is C21H19F5N2O2. The van der Waals surface area contributed by atoms with E-state index in [1.807, 2.05) is 0 Å². The van der Waals surface area contributed by atoms with Crippen molar-refractivity contribution in [1.29, 1.82) is 0 Å². The molecule has 160 valence electrons. The highest BCUT2D eigenvalue weighted by molar-refractivity contribution is 5.95. The molecule has 2 amide bonds. The number of carbonyl (C=O) groups is 2. The average Bonchev–Trinajstić information content (AvgIpc) is 2.67. The molecule has 0 saturated carbocycles. The van der Waals surface area contributed by atoms with E-state index in [1.165, 1.54) is 35.2 Å². The fourth-order valence-corrected chi connectivity index (χ4v) is 3.42. The van der Waals surface area contributed by atoms with Crippen LogP contribution < -0.4 is 0 Å². The van der Waals surface area contributed by atoms with Crippen LogP contribution in [0.5, 0.6) is 0 Å². The Hall–Kier alpha value is -2.97. The summed E-state index contributed by atoms with van der Waals surface area (Å²) in [7, 11) is 0. The van der Waals surface area contributed by atoms with Crippen molar-refractivity contribution in [3.63, 3.8) is 0 Å². The molecule has 2 aromatic rings. The van der Waals surface area contributed by atoms with Gasteiger partial charge >= 0.3 is 6.18 Å². The number of piperazine rings is 1. The fraction of sp³-hybridized carbons (Fsp3) is 0.333. The number of benzene rings is 2. The van der Waals surface area contributed by atoms with Crippen LogP contribution in [-0.4, -0.2) is 54.0 Å². The van der Waals surface area contributed by atoms with Crippen LogP contribution in [0, 0.1) is 18.6 Å². The second-order valence-corrected chi connectivity index (χ2v) is 7.12. The molecule has 0 unspecified atom stereocenters. The van der Waals surface area contributed by atoms with Gasteiger partial charge in [0, 0.05) is 37.3 Å². The topological polar surface area (TPSA) is 40.6 Å². The van der Waals surface area contributed by atoms with Crippen LogP contribution in [0.1, 0.15) is 22.3 Å². The average molecular weight is 426 g/mol. The fourth-order valence-electron chi connectivity index (χ4n) is 3.42. The highest BCUT2D eigenvalue weighted by Gasteiger charge is 2.35. The molecule has 4 nitrogen and oxygen atoms in total. The first kappa shape index (κ1) is 21.7. The summed E-state index contributed by atoms with van der Waals surface area (Å²) >= 11 is 0. The molecule has 1 saturated heterocycles. The maximum Gasteiger partial charge on any atom is 0.397 e. The molecule has 0 N–H and O–H groups in total. The van der Waals surface area contributed by atoms with Crippen LogP contribution in [0.4, 0.5) is 22.0 Å². The highest BCUT2D eigenvalue weighted by Crippen LogP contribution is 2.28. The van der Waals surface area contributed by atoms with E-state index in [2.05, 4.69) is 0 Å². The smallest absolute Gasteiger partial charge is 0.339 e. The molecule has 1 aliphatic heterocycles. The molecule has 0 aromatic heterocycles. The quantitative estimate of drug-likeness (QED) is 0.691. The lowest BCUT2D eigenvalue weighted by molar-refractivity contribution is -0.162. The molecule has 1 heterocycles. The standard InChI is InChI=1S/C21H19F5N2O2/c1-13-10-15(22)3-5-16(13)17-4-2-14(11-18(17)23)20(30)28-8-6-27(7-9-28)19(29)12-21(24,25)26/h2-5,10-11H,6-9,12H2,1H3. The van der Waals surface area contributed by atoms with E-state index in [0.29, 0.717) is 11.1 Å². The first-order valence-corrected chi connectivity index (χ1v) is 9.25. The van der Waals surface area contributed by atoms with Crippen molar-refractivity contribution in [2.45, 2.75) is 19.5 Å². The summed E-state index contributed by atoms with van der Waals surface area (Å²) in [6.45, 7) is 1.73. The van der Waals surface area contributed by atoms with Gasteiger partial charge in [0.2, 0.25) is 5.91 Å². The van der Waals surface area contributed by atoms with E-state index in [4.69, 9.17) is 0 Å². The molecular weight excluding hydrogens is 407 g/mol. The van der Waals surface area contributed by atoms with Crippen LogP contribution >= 0.6 is 0 Å². The van der Waals surface area contributed by atoms with E-state index in [1.54, 1.807) is 6.92 Å². The van der Waals surface area contributed by atoms with Crippen LogP contribution in [0.3, 0.4) is 0 Å². The molecule has 0 spiro atoms. The maximum absolute atomic E-state index is 14.6. The van der Waals surface area contributed by atoms with E-state index < -0.39 is 36.0 Å². The molecule has 1 fully saturated rings. The molecule has 0 aliphatic carbocycles. The molecule has 0 radical (unpaired) electrons. The zero-order valence-corrected chi connectivity index (χ0v) is 16.1. The number of aryl methyl sites for hydroxylation is 1.